The van der Waals surface area contributed by atoms with Crippen molar-refractivity contribution in [2.24, 2.45) is 15.9 Å². The molecule has 0 aromatic heterocycles. The van der Waals surface area contributed by atoms with Gasteiger partial charge < -0.3 is 5.73 Å². The molecule has 94 valence electrons. The normalized spacial score (nSPS) is 11.6. The second-order valence-electron chi connectivity index (χ2n) is 2.75. The van der Waals surface area contributed by atoms with Crippen molar-refractivity contribution in [3.05, 3.63) is 34.6 Å². The first-order valence-electron chi connectivity index (χ1n) is 4.58. The topological polar surface area (TPSA) is 50.7 Å². The van der Waals surface area contributed by atoms with E-state index >= 15 is 0 Å². The second kappa shape index (κ2) is 8.33. The van der Waals surface area contributed by atoms with Crippen LogP contribution < -0.4 is 5.73 Å². The highest BCUT2D eigenvalue weighted by Gasteiger charge is 2.02. The molecule has 0 radical (unpaired) electrons. The Hall–Kier alpha value is -0.780. The molecule has 0 aliphatic heterocycles. The monoisotopic (exact) mass is 295 g/mol. The molecule has 0 unspecified atom stereocenters. The van der Waals surface area contributed by atoms with Gasteiger partial charge in [-0.1, -0.05) is 36.4 Å². The molecule has 0 saturated carbocycles. The van der Waals surface area contributed by atoms with E-state index in [0.29, 0.717) is 10.2 Å². The molecule has 0 bridgehead atoms. The third-order valence-corrected chi connectivity index (χ3v) is 2.63. The molecule has 0 saturated heterocycles. The fourth-order valence-corrected chi connectivity index (χ4v) is 1.57. The van der Waals surface area contributed by atoms with Gasteiger partial charge in [-0.2, -0.15) is 5.10 Å². The van der Waals surface area contributed by atoms with Crippen molar-refractivity contribution in [3.8, 4) is 0 Å². The van der Waals surface area contributed by atoms with Crippen LogP contribution in [0.3, 0.4) is 0 Å². The van der Waals surface area contributed by atoms with Crippen molar-refractivity contribution in [1.82, 2.24) is 0 Å². The maximum atomic E-state index is 13.3. The van der Waals surface area contributed by atoms with E-state index in [9.17, 15) is 4.39 Å². The average Bonchev–Trinajstić information content (AvgIpc) is 2.23. The van der Waals surface area contributed by atoms with Crippen molar-refractivity contribution in [3.63, 3.8) is 0 Å². The molecule has 0 atom stereocenters. The summed E-state index contributed by atoms with van der Waals surface area (Å²) in [6.45, 7) is 1.95. The first-order valence-corrected chi connectivity index (χ1v) is 5.94. The van der Waals surface area contributed by atoms with E-state index in [1.165, 1.54) is 30.1 Å². The fraction of sp³-hybridized carbons (Fsp3) is 0.200. The summed E-state index contributed by atoms with van der Waals surface area (Å²) in [5.41, 5.74) is 5.71. The maximum absolute atomic E-state index is 13.3. The highest BCUT2D eigenvalue weighted by molar-refractivity contribution is 8.13. The van der Waals surface area contributed by atoms with E-state index in [4.69, 9.17) is 17.3 Å². The Kier molecular flexibility index (Phi) is 7.95. The molecule has 1 rings (SSSR count). The van der Waals surface area contributed by atoms with Gasteiger partial charge in [0.05, 0.1) is 11.2 Å². The third kappa shape index (κ3) is 5.39. The zero-order chi connectivity index (χ0) is 12.0. The maximum Gasteiger partial charge on any atom is 0.180 e. The Bertz CT molecular complexity index is 404. The van der Waals surface area contributed by atoms with Crippen molar-refractivity contribution < 1.29 is 4.39 Å². The van der Waals surface area contributed by atoms with Gasteiger partial charge in [-0.25, -0.2) is 4.39 Å². The zero-order valence-corrected chi connectivity index (χ0v) is 11.4. The van der Waals surface area contributed by atoms with Crippen LogP contribution in [-0.4, -0.2) is 17.1 Å². The van der Waals surface area contributed by atoms with Crippen LogP contribution in [0.1, 0.15) is 12.5 Å². The summed E-state index contributed by atoms with van der Waals surface area (Å²) in [5.74, 6) is 0.374. The standard InChI is InChI=1S/C10H11ClFN3S.ClH/c1-2-16-10(13)15-14-6-7-8(11)4-3-5-9(7)12;/h3-6H,2H2,1H3,(H2,13,15);1H. The van der Waals surface area contributed by atoms with E-state index in [-0.39, 0.29) is 18.0 Å². The lowest BCUT2D eigenvalue weighted by Crippen LogP contribution is -2.05. The molecular weight excluding hydrogens is 284 g/mol. The highest BCUT2D eigenvalue weighted by Crippen LogP contribution is 2.16. The number of benzene rings is 1. The van der Waals surface area contributed by atoms with Crippen LogP contribution in [0.15, 0.2) is 28.4 Å². The molecule has 0 aliphatic carbocycles. The van der Waals surface area contributed by atoms with Crippen molar-refractivity contribution in [2.45, 2.75) is 6.92 Å². The van der Waals surface area contributed by atoms with Gasteiger partial charge in [0.25, 0.3) is 0 Å². The van der Waals surface area contributed by atoms with Gasteiger partial charge in [0.15, 0.2) is 5.17 Å². The molecule has 0 amide bonds. The van der Waals surface area contributed by atoms with Gasteiger partial charge >= 0.3 is 0 Å². The summed E-state index contributed by atoms with van der Waals surface area (Å²) in [6.07, 6.45) is 1.25. The van der Waals surface area contributed by atoms with Crippen LogP contribution in [0, 0.1) is 5.82 Å². The second-order valence-corrected chi connectivity index (χ2v) is 4.44. The molecule has 2 N–H and O–H groups in total. The number of halogens is 3. The van der Waals surface area contributed by atoms with Crippen LogP contribution in [0.4, 0.5) is 4.39 Å². The largest absolute Gasteiger partial charge is 0.377 e. The molecule has 7 heteroatoms. The van der Waals surface area contributed by atoms with E-state index < -0.39 is 5.82 Å². The molecule has 0 fully saturated rings. The number of rotatable bonds is 3. The lowest BCUT2D eigenvalue weighted by atomic mass is 10.2. The Morgan fingerprint density at radius 1 is 1.59 bits per heavy atom. The summed E-state index contributed by atoms with van der Waals surface area (Å²) in [7, 11) is 0. The van der Waals surface area contributed by atoms with Crippen LogP contribution in [0.2, 0.25) is 5.02 Å². The van der Waals surface area contributed by atoms with E-state index in [1.54, 1.807) is 6.07 Å². The van der Waals surface area contributed by atoms with Crippen molar-refractivity contribution >= 4 is 47.2 Å². The van der Waals surface area contributed by atoms with Gasteiger partial charge in [0.2, 0.25) is 0 Å². The molecule has 1 aromatic rings. The average molecular weight is 296 g/mol. The van der Waals surface area contributed by atoms with Crippen molar-refractivity contribution in [1.29, 1.82) is 0 Å². The van der Waals surface area contributed by atoms with Crippen LogP contribution in [0.25, 0.3) is 0 Å². The predicted molar refractivity (Wildman–Crippen MR) is 76.0 cm³/mol. The lowest BCUT2D eigenvalue weighted by molar-refractivity contribution is 0.626. The smallest absolute Gasteiger partial charge is 0.180 e. The first kappa shape index (κ1) is 16.2. The van der Waals surface area contributed by atoms with E-state index in [2.05, 4.69) is 10.2 Å². The van der Waals surface area contributed by atoms with Gasteiger partial charge in [-0.3, -0.25) is 0 Å². The van der Waals surface area contributed by atoms with Gasteiger partial charge in [-0.15, -0.1) is 17.5 Å². The van der Waals surface area contributed by atoms with Crippen LogP contribution in [0.5, 0.6) is 0 Å². The molecule has 0 aliphatic rings. The predicted octanol–water partition coefficient (Wildman–Crippen LogP) is 3.30. The number of hydrogen-bond donors (Lipinski definition) is 1. The molecule has 1 aromatic carbocycles. The zero-order valence-electron chi connectivity index (χ0n) is 9.06. The van der Waals surface area contributed by atoms with E-state index in [0.717, 1.165) is 5.75 Å². The number of thioether (sulfide) groups is 1. The third-order valence-electron chi connectivity index (χ3n) is 1.64. The SMILES string of the molecule is CCS/C(N)=N\N=Cc1c(F)cccc1Cl.Cl. The van der Waals surface area contributed by atoms with Gasteiger partial charge in [-0.05, 0) is 17.9 Å². The number of nitrogens with two attached hydrogens (primary N) is 1. The Labute approximate surface area is 115 Å². The molecule has 0 heterocycles. The Balaban J connectivity index is 0.00000256. The van der Waals surface area contributed by atoms with Gasteiger partial charge in [0.1, 0.15) is 5.82 Å². The Morgan fingerprint density at radius 2 is 2.29 bits per heavy atom. The summed E-state index contributed by atoms with van der Waals surface area (Å²) < 4.78 is 13.3. The highest BCUT2D eigenvalue weighted by atomic mass is 35.5. The number of hydrogen-bond acceptors (Lipinski definition) is 3. The number of amidine groups is 1. The molecule has 17 heavy (non-hydrogen) atoms. The molecular formula is C10H12Cl2FN3S. The van der Waals surface area contributed by atoms with Crippen molar-refractivity contribution in [2.75, 3.05) is 5.75 Å². The summed E-state index contributed by atoms with van der Waals surface area (Å²) >= 11 is 7.15. The lowest BCUT2D eigenvalue weighted by Gasteiger charge is -1.97. The van der Waals surface area contributed by atoms with Crippen LogP contribution in [-0.2, 0) is 0 Å². The summed E-state index contributed by atoms with van der Waals surface area (Å²) in [6, 6.07) is 4.42. The molecule has 0 spiro atoms. The van der Waals surface area contributed by atoms with E-state index in [1.807, 2.05) is 6.92 Å². The minimum Gasteiger partial charge on any atom is -0.377 e. The Morgan fingerprint density at radius 3 is 2.88 bits per heavy atom. The molecule has 3 nitrogen and oxygen atoms in total. The summed E-state index contributed by atoms with van der Waals surface area (Å²) in [5, 5.41) is 8.00. The minimum atomic E-state index is -0.437. The fourth-order valence-electron chi connectivity index (χ4n) is 0.954. The van der Waals surface area contributed by atoms with Gasteiger partial charge in [0, 0.05) is 5.56 Å². The quantitative estimate of drug-likeness (QED) is 0.528. The minimum absolute atomic E-state index is 0. The first-order chi connectivity index (χ1) is 7.65. The number of nitrogens with zero attached hydrogens (tertiary/aromatic N) is 2. The summed E-state index contributed by atoms with van der Waals surface area (Å²) in [4.78, 5) is 0. The van der Waals surface area contributed by atoms with Crippen LogP contribution >= 0.6 is 35.8 Å².